The van der Waals surface area contributed by atoms with Crippen LogP contribution in [0.3, 0.4) is 0 Å². The second kappa shape index (κ2) is 5.01. The van der Waals surface area contributed by atoms with E-state index in [9.17, 15) is 4.79 Å². The molecule has 0 fully saturated rings. The predicted molar refractivity (Wildman–Crippen MR) is 68.4 cm³/mol. The number of nitrogens with two attached hydrogens (primary N) is 1. The number of nitrogens with one attached hydrogen (secondary N) is 1. The first kappa shape index (κ1) is 11.7. The van der Waals surface area contributed by atoms with Crippen molar-refractivity contribution in [2.45, 2.75) is 6.92 Å². The summed E-state index contributed by atoms with van der Waals surface area (Å²) in [7, 11) is 0. The van der Waals surface area contributed by atoms with E-state index in [0.29, 0.717) is 6.54 Å². The van der Waals surface area contributed by atoms with Crippen molar-refractivity contribution in [2.75, 3.05) is 18.5 Å². The Morgan fingerprint density at radius 2 is 2.41 bits per heavy atom. The number of fused-ring (bicyclic) bond motifs is 1. The third-order valence-corrected chi connectivity index (χ3v) is 3.14. The highest BCUT2D eigenvalue weighted by Gasteiger charge is 2.03. The average Bonchev–Trinajstić information content (AvgIpc) is 2.66. The van der Waals surface area contributed by atoms with Crippen LogP contribution in [0.2, 0.25) is 0 Å². The second-order valence-corrected chi connectivity index (χ2v) is 4.62. The predicted octanol–water partition coefficient (Wildman–Crippen LogP) is 2.11. The van der Waals surface area contributed by atoms with E-state index in [0.717, 1.165) is 15.3 Å². The minimum atomic E-state index is -0.758. The van der Waals surface area contributed by atoms with Gasteiger partial charge in [0.05, 0.1) is 16.8 Å². The summed E-state index contributed by atoms with van der Waals surface area (Å²) in [6, 6.07) is 6.12. The molecule has 0 spiro atoms. The molecule has 0 unspecified atom stereocenters. The Labute approximate surface area is 103 Å². The number of rotatable bonds is 4. The maximum Gasteiger partial charge on any atom is 0.404 e. The maximum absolute atomic E-state index is 10.3. The number of hydrogen-bond donors (Lipinski definition) is 2. The lowest BCUT2D eigenvalue weighted by molar-refractivity contribution is 0.161. The van der Waals surface area contributed by atoms with E-state index in [1.165, 1.54) is 5.56 Å². The molecule has 0 atom stereocenters. The van der Waals surface area contributed by atoms with Gasteiger partial charge in [-0.25, -0.2) is 9.78 Å². The van der Waals surface area contributed by atoms with Gasteiger partial charge >= 0.3 is 6.09 Å². The molecule has 1 amide bonds. The number of aryl methyl sites for hydroxylation is 1. The van der Waals surface area contributed by atoms with Gasteiger partial charge < -0.3 is 15.8 Å². The Morgan fingerprint density at radius 3 is 3.18 bits per heavy atom. The van der Waals surface area contributed by atoms with Gasteiger partial charge in [-0.1, -0.05) is 17.4 Å². The summed E-state index contributed by atoms with van der Waals surface area (Å²) < 4.78 is 5.75. The number of amides is 1. The summed E-state index contributed by atoms with van der Waals surface area (Å²) in [6.45, 7) is 2.79. The van der Waals surface area contributed by atoms with Crippen LogP contribution in [0.25, 0.3) is 10.2 Å². The van der Waals surface area contributed by atoms with Crippen LogP contribution in [0.4, 0.5) is 9.93 Å². The van der Waals surface area contributed by atoms with Crippen molar-refractivity contribution in [3.8, 4) is 0 Å². The normalized spacial score (nSPS) is 10.4. The van der Waals surface area contributed by atoms with Crippen LogP contribution in [0.5, 0.6) is 0 Å². The van der Waals surface area contributed by atoms with Gasteiger partial charge in [0, 0.05) is 0 Å². The number of ether oxygens (including phenoxy) is 1. The van der Waals surface area contributed by atoms with Crippen LogP contribution in [0.15, 0.2) is 18.2 Å². The number of thiazole rings is 1. The van der Waals surface area contributed by atoms with Crippen LogP contribution >= 0.6 is 11.3 Å². The first-order valence-corrected chi connectivity index (χ1v) is 6.00. The van der Waals surface area contributed by atoms with Gasteiger partial charge in [0.2, 0.25) is 0 Å². The third kappa shape index (κ3) is 3.07. The highest BCUT2D eigenvalue weighted by Crippen LogP contribution is 2.26. The molecule has 0 bridgehead atoms. The smallest absolute Gasteiger partial charge is 0.404 e. The summed E-state index contributed by atoms with van der Waals surface area (Å²) in [6.07, 6.45) is -0.758. The Bertz CT molecular complexity index is 538. The first-order chi connectivity index (χ1) is 8.15. The van der Waals surface area contributed by atoms with Crippen molar-refractivity contribution < 1.29 is 9.53 Å². The van der Waals surface area contributed by atoms with E-state index in [4.69, 9.17) is 5.73 Å². The molecule has 0 aliphatic carbocycles. The number of aromatic nitrogens is 1. The molecule has 1 aromatic heterocycles. The van der Waals surface area contributed by atoms with Gasteiger partial charge in [-0.3, -0.25) is 0 Å². The molecule has 2 aromatic rings. The molecule has 17 heavy (non-hydrogen) atoms. The van der Waals surface area contributed by atoms with Gasteiger partial charge in [0.1, 0.15) is 6.61 Å². The van der Waals surface area contributed by atoms with Crippen molar-refractivity contribution in [2.24, 2.45) is 5.73 Å². The number of primary amides is 1. The Balaban J connectivity index is 1.97. The minimum Gasteiger partial charge on any atom is -0.448 e. The van der Waals surface area contributed by atoms with E-state index in [2.05, 4.69) is 21.1 Å². The fourth-order valence-electron chi connectivity index (χ4n) is 1.42. The second-order valence-electron chi connectivity index (χ2n) is 3.58. The number of anilines is 1. The number of nitrogens with zero attached hydrogens (tertiary/aromatic N) is 1. The fourth-order valence-corrected chi connectivity index (χ4v) is 2.41. The van der Waals surface area contributed by atoms with Gasteiger partial charge in [0.25, 0.3) is 0 Å². The van der Waals surface area contributed by atoms with Gasteiger partial charge in [-0.15, -0.1) is 0 Å². The largest absolute Gasteiger partial charge is 0.448 e. The van der Waals surface area contributed by atoms with E-state index in [-0.39, 0.29) is 6.61 Å². The molecule has 3 N–H and O–H groups in total. The molecule has 0 saturated carbocycles. The standard InChI is InChI=1S/C11H13N3O2S/c1-7-2-3-8-9(6-7)17-11(14-8)13-4-5-16-10(12)15/h2-3,6H,4-5H2,1H3,(H2,12,15)(H,13,14). The van der Waals surface area contributed by atoms with Crippen LogP contribution in [-0.2, 0) is 4.74 Å². The van der Waals surface area contributed by atoms with E-state index in [1.54, 1.807) is 11.3 Å². The van der Waals surface area contributed by atoms with Crippen LogP contribution in [0, 0.1) is 6.92 Å². The van der Waals surface area contributed by atoms with E-state index in [1.807, 2.05) is 19.1 Å². The topological polar surface area (TPSA) is 77.2 Å². The summed E-state index contributed by atoms with van der Waals surface area (Å²) in [5, 5.41) is 3.90. The van der Waals surface area contributed by atoms with Gasteiger partial charge in [-0.05, 0) is 24.6 Å². The SMILES string of the molecule is Cc1ccc2nc(NCCOC(N)=O)sc2c1. The molecule has 0 aliphatic heterocycles. The van der Waals surface area contributed by atoms with Gasteiger partial charge in [-0.2, -0.15) is 0 Å². The lowest BCUT2D eigenvalue weighted by Gasteiger charge is -2.01. The first-order valence-electron chi connectivity index (χ1n) is 5.18. The lowest BCUT2D eigenvalue weighted by atomic mass is 10.2. The van der Waals surface area contributed by atoms with Crippen molar-refractivity contribution >= 4 is 32.8 Å². The summed E-state index contributed by atoms with van der Waals surface area (Å²) in [5.41, 5.74) is 7.03. The number of benzene rings is 1. The lowest BCUT2D eigenvalue weighted by Crippen LogP contribution is -2.18. The van der Waals surface area contributed by atoms with Gasteiger partial charge in [0.15, 0.2) is 5.13 Å². The highest BCUT2D eigenvalue weighted by atomic mass is 32.1. The van der Waals surface area contributed by atoms with Crippen LogP contribution in [0.1, 0.15) is 5.56 Å². The molecule has 1 heterocycles. The molecule has 2 rings (SSSR count). The Kier molecular flexibility index (Phi) is 3.43. The molecule has 0 aliphatic rings. The molecule has 0 saturated heterocycles. The fraction of sp³-hybridized carbons (Fsp3) is 0.273. The highest BCUT2D eigenvalue weighted by molar-refractivity contribution is 7.22. The zero-order chi connectivity index (χ0) is 12.3. The molecular formula is C11H13N3O2S. The average molecular weight is 251 g/mol. The summed E-state index contributed by atoms with van der Waals surface area (Å²) in [5.74, 6) is 0. The van der Waals surface area contributed by atoms with E-state index < -0.39 is 6.09 Å². The maximum atomic E-state index is 10.3. The Hall–Kier alpha value is -1.82. The molecule has 0 radical (unpaired) electrons. The minimum absolute atomic E-state index is 0.240. The molecular weight excluding hydrogens is 238 g/mol. The van der Waals surface area contributed by atoms with Crippen LogP contribution < -0.4 is 11.1 Å². The number of carbonyl (C=O) groups is 1. The van der Waals surface area contributed by atoms with Crippen molar-refractivity contribution in [1.29, 1.82) is 0 Å². The summed E-state index contributed by atoms with van der Waals surface area (Å²) in [4.78, 5) is 14.8. The van der Waals surface area contributed by atoms with Crippen molar-refractivity contribution in [1.82, 2.24) is 4.98 Å². The monoisotopic (exact) mass is 251 g/mol. The van der Waals surface area contributed by atoms with Crippen LogP contribution in [-0.4, -0.2) is 24.2 Å². The quantitative estimate of drug-likeness (QED) is 0.816. The van der Waals surface area contributed by atoms with Crippen molar-refractivity contribution in [3.63, 3.8) is 0 Å². The Morgan fingerprint density at radius 1 is 1.59 bits per heavy atom. The zero-order valence-electron chi connectivity index (χ0n) is 9.40. The molecule has 5 nitrogen and oxygen atoms in total. The number of hydrogen-bond acceptors (Lipinski definition) is 5. The molecule has 1 aromatic carbocycles. The summed E-state index contributed by atoms with van der Waals surface area (Å²) >= 11 is 1.58. The number of carbonyl (C=O) groups excluding carboxylic acids is 1. The molecule has 90 valence electrons. The molecule has 6 heteroatoms. The zero-order valence-corrected chi connectivity index (χ0v) is 10.2. The van der Waals surface area contributed by atoms with Crippen molar-refractivity contribution in [3.05, 3.63) is 23.8 Å². The van der Waals surface area contributed by atoms with E-state index >= 15 is 0 Å². The third-order valence-electron chi connectivity index (χ3n) is 2.17.